The van der Waals surface area contributed by atoms with Crippen molar-refractivity contribution in [2.24, 2.45) is 5.92 Å². The molecule has 0 fully saturated rings. The minimum Gasteiger partial charge on any atom is -0.361 e. The van der Waals surface area contributed by atoms with E-state index in [0.29, 0.717) is 11.7 Å². The topological polar surface area (TPSA) is 68.1 Å². The molecule has 0 aliphatic heterocycles. The van der Waals surface area contributed by atoms with E-state index in [1.807, 2.05) is 0 Å². The van der Waals surface area contributed by atoms with Gasteiger partial charge >= 0.3 is 5.69 Å². The number of aromatic nitrogens is 1. The second kappa shape index (κ2) is 5.61. The maximum absolute atomic E-state index is 10.9. The number of rotatable bonds is 5. The van der Waals surface area contributed by atoms with Crippen LogP contribution in [0.3, 0.4) is 0 Å². The van der Waals surface area contributed by atoms with Crippen molar-refractivity contribution in [3.63, 3.8) is 0 Å². The average molecular weight is 237 g/mol. The zero-order chi connectivity index (χ0) is 13.0. The summed E-state index contributed by atoms with van der Waals surface area (Å²) in [6.07, 6.45) is 2.55. The first kappa shape index (κ1) is 13.4. The molecule has 17 heavy (non-hydrogen) atoms. The number of nitrogens with zero attached hydrogens (tertiary/aromatic N) is 2. The number of pyridine rings is 1. The van der Waals surface area contributed by atoms with E-state index in [0.717, 1.165) is 12.0 Å². The van der Waals surface area contributed by atoms with Crippen LogP contribution in [0, 0.1) is 23.0 Å². The fourth-order valence-electron chi connectivity index (χ4n) is 1.72. The molecule has 1 unspecified atom stereocenters. The largest absolute Gasteiger partial charge is 0.361 e. The second-order valence-corrected chi connectivity index (χ2v) is 4.54. The van der Waals surface area contributed by atoms with Gasteiger partial charge < -0.3 is 5.32 Å². The van der Waals surface area contributed by atoms with Crippen molar-refractivity contribution in [1.29, 1.82) is 0 Å². The van der Waals surface area contributed by atoms with E-state index in [-0.39, 0.29) is 11.7 Å². The van der Waals surface area contributed by atoms with Crippen LogP contribution in [-0.4, -0.2) is 15.9 Å². The third-order valence-electron chi connectivity index (χ3n) is 2.77. The molecule has 1 aromatic rings. The molecule has 0 aromatic carbocycles. The predicted octanol–water partition coefficient (Wildman–Crippen LogP) is 3.14. The van der Waals surface area contributed by atoms with Crippen LogP contribution in [0.25, 0.3) is 0 Å². The Kier molecular flexibility index (Phi) is 4.43. The smallest absolute Gasteiger partial charge is 0.311 e. The third kappa shape index (κ3) is 3.41. The van der Waals surface area contributed by atoms with Crippen LogP contribution >= 0.6 is 0 Å². The van der Waals surface area contributed by atoms with Gasteiger partial charge in [-0.25, -0.2) is 4.98 Å². The number of hydrogen-bond donors (Lipinski definition) is 1. The predicted molar refractivity (Wildman–Crippen MR) is 68.2 cm³/mol. The summed E-state index contributed by atoms with van der Waals surface area (Å²) in [5, 5.41) is 14.1. The Balaban J connectivity index is 3.01. The molecule has 1 rings (SSSR count). The third-order valence-corrected chi connectivity index (χ3v) is 2.77. The minimum atomic E-state index is -0.393. The monoisotopic (exact) mass is 237 g/mol. The molecule has 1 heterocycles. The van der Waals surface area contributed by atoms with E-state index in [2.05, 4.69) is 31.1 Å². The minimum absolute atomic E-state index is 0.0455. The molecule has 0 amide bonds. The van der Waals surface area contributed by atoms with Crippen molar-refractivity contribution >= 4 is 11.5 Å². The molecular weight excluding hydrogens is 218 g/mol. The summed E-state index contributed by atoms with van der Waals surface area (Å²) in [5.74, 6) is 0.767. The SMILES string of the molecule is CCC(Nc1ncc(C)cc1[N+](=O)[O-])C(C)C. The molecule has 1 N–H and O–H groups in total. The van der Waals surface area contributed by atoms with E-state index in [1.54, 1.807) is 19.2 Å². The van der Waals surface area contributed by atoms with E-state index in [1.165, 1.54) is 0 Å². The lowest BCUT2D eigenvalue weighted by Crippen LogP contribution is -2.25. The van der Waals surface area contributed by atoms with Crippen LogP contribution in [0.1, 0.15) is 32.8 Å². The molecule has 5 heteroatoms. The Morgan fingerprint density at radius 1 is 1.53 bits per heavy atom. The highest BCUT2D eigenvalue weighted by Gasteiger charge is 2.19. The van der Waals surface area contributed by atoms with E-state index < -0.39 is 4.92 Å². The van der Waals surface area contributed by atoms with Crippen LogP contribution in [0.5, 0.6) is 0 Å². The number of nitro groups is 1. The molecule has 0 bridgehead atoms. The van der Waals surface area contributed by atoms with Crippen molar-refractivity contribution < 1.29 is 4.92 Å². The highest BCUT2D eigenvalue weighted by atomic mass is 16.6. The van der Waals surface area contributed by atoms with Gasteiger partial charge in [-0.3, -0.25) is 10.1 Å². The van der Waals surface area contributed by atoms with Crippen molar-refractivity contribution in [2.75, 3.05) is 5.32 Å². The Bertz CT molecular complexity index is 405. The number of hydrogen-bond acceptors (Lipinski definition) is 4. The van der Waals surface area contributed by atoms with Crippen molar-refractivity contribution in [2.45, 2.75) is 40.2 Å². The molecule has 0 radical (unpaired) electrons. The van der Waals surface area contributed by atoms with Crippen molar-refractivity contribution in [1.82, 2.24) is 4.98 Å². The van der Waals surface area contributed by atoms with Gasteiger partial charge in [-0.2, -0.15) is 0 Å². The quantitative estimate of drug-likeness (QED) is 0.631. The normalized spacial score (nSPS) is 12.5. The van der Waals surface area contributed by atoms with E-state index in [9.17, 15) is 10.1 Å². The fourth-order valence-corrected chi connectivity index (χ4v) is 1.72. The summed E-state index contributed by atoms with van der Waals surface area (Å²) in [6.45, 7) is 8.02. The van der Waals surface area contributed by atoms with Gasteiger partial charge in [0.15, 0.2) is 0 Å². The highest BCUT2D eigenvalue weighted by molar-refractivity contribution is 5.57. The fraction of sp³-hybridized carbons (Fsp3) is 0.583. The van der Waals surface area contributed by atoms with Gasteiger partial charge in [-0.05, 0) is 24.8 Å². The first-order chi connectivity index (χ1) is 7.95. The summed E-state index contributed by atoms with van der Waals surface area (Å²) < 4.78 is 0. The summed E-state index contributed by atoms with van der Waals surface area (Å²) in [7, 11) is 0. The standard InChI is InChI=1S/C12H19N3O2/c1-5-10(8(2)3)14-12-11(15(16)17)6-9(4)7-13-12/h6-8,10H,5H2,1-4H3,(H,13,14). The molecule has 94 valence electrons. The average Bonchev–Trinajstić information content (AvgIpc) is 2.26. The lowest BCUT2D eigenvalue weighted by molar-refractivity contribution is -0.384. The van der Waals surface area contributed by atoms with Crippen molar-refractivity contribution in [3.05, 3.63) is 27.9 Å². The first-order valence-corrected chi connectivity index (χ1v) is 5.83. The van der Waals surface area contributed by atoms with Gasteiger partial charge in [0.05, 0.1) is 4.92 Å². The van der Waals surface area contributed by atoms with E-state index in [4.69, 9.17) is 0 Å². The summed E-state index contributed by atoms with van der Waals surface area (Å²) in [5.41, 5.74) is 0.837. The Hall–Kier alpha value is -1.65. The Morgan fingerprint density at radius 3 is 2.65 bits per heavy atom. The van der Waals surface area contributed by atoms with E-state index >= 15 is 0 Å². The lowest BCUT2D eigenvalue weighted by Gasteiger charge is -2.21. The van der Waals surface area contributed by atoms with Crippen LogP contribution in [0.4, 0.5) is 11.5 Å². The van der Waals surface area contributed by atoms with Crippen LogP contribution in [-0.2, 0) is 0 Å². The zero-order valence-corrected chi connectivity index (χ0v) is 10.7. The zero-order valence-electron chi connectivity index (χ0n) is 10.7. The van der Waals surface area contributed by atoms with Gasteiger partial charge in [-0.1, -0.05) is 20.8 Å². The number of anilines is 1. The summed E-state index contributed by atoms with van der Waals surface area (Å²) in [6, 6.07) is 1.74. The van der Waals surface area contributed by atoms with Crippen LogP contribution in [0.15, 0.2) is 12.3 Å². The molecule has 5 nitrogen and oxygen atoms in total. The second-order valence-electron chi connectivity index (χ2n) is 4.54. The lowest BCUT2D eigenvalue weighted by atomic mass is 10.0. The molecule has 0 aliphatic rings. The number of nitrogens with one attached hydrogen (secondary N) is 1. The van der Waals surface area contributed by atoms with Gasteiger partial charge in [0, 0.05) is 18.3 Å². The van der Waals surface area contributed by atoms with Gasteiger partial charge in [0.1, 0.15) is 0 Å². The van der Waals surface area contributed by atoms with Gasteiger partial charge in [-0.15, -0.1) is 0 Å². The first-order valence-electron chi connectivity index (χ1n) is 5.83. The maximum Gasteiger partial charge on any atom is 0.311 e. The van der Waals surface area contributed by atoms with Crippen LogP contribution < -0.4 is 5.32 Å². The molecule has 0 spiro atoms. The van der Waals surface area contributed by atoms with Gasteiger partial charge in [0.25, 0.3) is 0 Å². The Morgan fingerprint density at radius 2 is 2.18 bits per heavy atom. The summed E-state index contributed by atoms with van der Waals surface area (Å²) >= 11 is 0. The summed E-state index contributed by atoms with van der Waals surface area (Å²) in [4.78, 5) is 14.7. The molecule has 0 saturated carbocycles. The van der Waals surface area contributed by atoms with Gasteiger partial charge in [0.2, 0.25) is 5.82 Å². The maximum atomic E-state index is 10.9. The van der Waals surface area contributed by atoms with Crippen LogP contribution in [0.2, 0.25) is 0 Å². The Labute approximate surface area is 101 Å². The molecule has 1 atom stereocenters. The molecular formula is C12H19N3O2. The highest BCUT2D eigenvalue weighted by Crippen LogP contribution is 2.24. The molecule has 1 aromatic heterocycles. The van der Waals surface area contributed by atoms with Crippen molar-refractivity contribution in [3.8, 4) is 0 Å². The molecule has 0 aliphatic carbocycles. The molecule has 0 saturated heterocycles. The number of aryl methyl sites for hydroxylation is 1.